The lowest BCUT2D eigenvalue weighted by molar-refractivity contribution is -0.758. The molecule has 0 spiro atoms. The van der Waals surface area contributed by atoms with E-state index in [0.29, 0.717) is 11.1 Å². The van der Waals surface area contributed by atoms with Crippen molar-refractivity contribution in [1.82, 2.24) is 5.32 Å². The minimum Gasteiger partial charge on any atom is -0.497 e. The molecular weight excluding hydrogens is 381 g/mol. The van der Waals surface area contributed by atoms with Gasteiger partial charge in [0, 0.05) is 5.56 Å². The fourth-order valence-corrected chi connectivity index (χ4v) is 2.41. The lowest BCUT2D eigenvalue weighted by atomic mass is 10.1. The van der Waals surface area contributed by atoms with Gasteiger partial charge in [-0.2, -0.15) is 13.2 Å². The van der Waals surface area contributed by atoms with E-state index >= 15 is 0 Å². The molecule has 0 aliphatic rings. The van der Waals surface area contributed by atoms with E-state index in [9.17, 15) is 22.8 Å². The molecule has 10 heteroatoms. The van der Waals surface area contributed by atoms with Crippen LogP contribution in [-0.2, 0) is 16.1 Å². The summed E-state index contributed by atoms with van der Waals surface area (Å²) in [6.45, 7) is 0.731. The van der Waals surface area contributed by atoms with E-state index in [-0.39, 0.29) is 24.5 Å². The lowest BCUT2D eigenvalue weighted by Gasteiger charge is -2.31. The summed E-state index contributed by atoms with van der Waals surface area (Å²) in [6.07, 6.45) is -3.85. The van der Waals surface area contributed by atoms with Crippen molar-refractivity contribution in [3.05, 3.63) is 54.0 Å². The molecule has 0 bridgehead atoms. The van der Waals surface area contributed by atoms with E-state index in [1.54, 1.807) is 5.32 Å². The Bertz CT molecular complexity index is 791. The first kappa shape index (κ1) is 21.3. The number of furan rings is 1. The minimum absolute atomic E-state index is 0.0786. The predicted molar refractivity (Wildman–Crippen MR) is 90.2 cm³/mol. The van der Waals surface area contributed by atoms with Crippen molar-refractivity contribution in [2.75, 3.05) is 13.7 Å². The minimum atomic E-state index is -5.14. The first-order chi connectivity index (χ1) is 13.2. The normalized spacial score (nSPS) is 13.5. The predicted octanol–water partition coefficient (Wildman–Crippen LogP) is 1.60. The highest BCUT2D eigenvalue weighted by atomic mass is 19.4. The van der Waals surface area contributed by atoms with Gasteiger partial charge in [-0.25, -0.2) is 4.79 Å². The number of esters is 1. The largest absolute Gasteiger partial charge is 0.497 e. The summed E-state index contributed by atoms with van der Waals surface area (Å²) in [7, 11) is 1.41. The fourth-order valence-electron chi connectivity index (χ4n) is 2.41. The molecule has 2 aromatic rings. The number of carbonyl (C=O) groups excluding carboxylic acids is 2. The third-order valence-corrected chi connectivity index (χ3v) is 3.90. The summed E-state index contributed by atoms with van der Waals surface area (Å²) in [5, 5.41) is 2.42. The maximum atomic E-state index is 14.0. The highest BCUT2D eigenvalue weighted by Gasteiger charge is 2.67. The fraction of sp³-hybridized carbons (Fsp3) is 0.333. The molecule has 28 heavy (non-hydrogen) atoms. The first-order valence-corrected chi connectivity index (χ1v) is 8.30. The van der Waals surface area contributed by atoms with Gasteiger partial charge < -0.3 is 19.2 Å². The third kappa shape index (κ3) is 4.63. The Balaban J connectivity index is 2.35. The number of nitrogens with one attached hydrogen (secondary N) is 1. The molecule has 152 valence electrons. The summed E-state index contributed by atoms with van der Waals surface area (Å²) < 4.78 is 56.5. The van der Waals surface area contributed by atoms with E-state index in [1.165, 1.54) is 56.7 Å². The van der Waals surface area contributed by atoms with E-state index in [4.69, 9.17) is 9.15 Å². The molecule has 0 saturated carbocycles. The van der Waals surface area contributed by atoms with Crippen molar-refractivity contribution in [1.29, 1.82) is 0 Å². The summed E-state index contributed by atoms with van der Waals surface area (Å²) in [5.74, 6) is -2.11. The van der Waals surface area contributed by atoms with Gasteiger partial charge >= 0.3 is 17.8 Å². The first-order valence-electron chi connectivity index (χ1n) is 8.30. The molecule has 0 radical (unpaired) electrons. The van der Waals surface area contributed by atoms with Gasteiger partial charge in [-0.15, -0.1) is 0 Å². The molecule has 0 aliphatic carbocycles. The second-order valence-corrected chi connectivity index (χ2v) is 5.70. The number of hydrogen-bond acceptors (Lipinski definition) is 5. The molecule has 1 atom stereocenters. The molecule has 1 aromatic heterocycles. The Morgan fingerprint density at radius 2 is 1.86 bits per heavy atom. The Morgan fingerprint density at radius 1 is 1.18 bits per heavy atom. The van der Waals surface area contributed by atoms with Crippen LogP contribution < -0.4 is 15.4 Å². The molecular formula is C18H20F3N2O5+. The number of nitrogens with two attached hydrogens (primary N) is 1. The van der Waals surface area contributed by atoms with Crippen LogP contribution in [0.5, 0.6) is 5.75 Å². The van der Waals surface area contributed by atoms with Crippen molar-refractivity contribution in [3.8, 4) is 5.75 Å². The number of alkyl halides is 3. The van der Waals surface area contributed by atoms with E-state index in [1.807, 2.05) is 0 Å². The van der Waals surface area contributed by atoms with Crippen LogP contribution >= 0.6 is 0 Å². The van der Waals surface area contributed by atoms with Crippen LogP contribution in [0.3, 0.4) is 0 Å². The number of hydrogen-bond donors (Lipinski definition) is 2. The molecule has 1 heterocycles. The standard InChI is InChI=1S/C18H19F3N2O5/c1-3-27-16(25)17(18(19,20)21,22-11-14-5-4-10-28-14)23-15(24)12-6-8-13(26-2)9-7-12/h4-10,22H,3,11H2,1-2H3,(H,23,24)/p+1/t17-/m1/s1. The Hall–Kier alpha value is -3.01. The number of methoxy groups -OCH3 is 1. The van der Waals surface area contributed by atoms with Crippen molar-refractivity contribution < 1.29 is 42.0 Å². The van der Waals surface area contributed by atoms with Crippen molar-refractivity contribution in [2.45, 2.75) is 25.3 Å². The molecule has 0 unspecified atom stereocenters. The van der Waals surface area contributed by atoms with Gasteiger partial charge in [0.1, 0.15) is 12.3 Å². The highest BCUT2D eigenvalue weighted by molar-refractivity contribution is 5.97. The molecule has 1 aromatic carbocycles. The van der Waals surface area contributed by atoms with Crippen LogP contribution in [0, 0.1) is 0 Å². The molecule has 3 N–H and O–H groups in total. The Kier molecular flexibility index (Phi) is 6.68. The quantitative estimate of drug-likeness (QED) is 0.518. The van der Waals surface area contributed by atoms with Crippen molar-refractivity contribution in [2.24, 2.45) is 0 Å². The summed E-state index contributed by atoms with van der Waals surface area (Å²) in [4.78, 5) is 24.8. The zero-order valence-electron chi connectivity index (χ0n) is 15.2. The molecule has 0 saturated heterocycles. The van der Waals surface area contributed by atoms with Gasteiger partial charge in [0.2, 0.25) is 0 Å². The van der Waals surface area contributed by atoms with Gasteiger partial charge in [-0.05, 0) is 43.3 Å². The molecule has 0 fully saturated rings. The average Bonchev–Trinajstić information content (AvgIpc) is 3.17. The smallest absolute Gasteiger partial charge is 0.478 e. The van der Waals surface area contributed by atoms with Gasteiger partial charge in [0.15, 0.2) is 5.76 Å². The average molecular weight is 401 g/mol. The third-order valence-electron chi connectivity index (χ3n) is 3.90. The number of rotatable bonds is 8. The van der Waals surface area contributed by atoms with Gasteiger partial charge in [0.25, 0.3) is 5.91 Å². The van der Waals surface area contributed by atoms with Gasteiger partial charge in [0.05, 0.1) is 20.0 Å². The van der Waals surface area contributed by atoms with Crippen molar-refractivity contribution >= 4 is 11.9 Å². The zero-order chi connectivity index (χ0) is 20.8. The summed E-state index contributed by atoms with van der Waals surface area (Å²) >= 11 is 0. The van der Waals surface area contributed by atoms with E-state index < -0.39 is 23.7 Å². The Labute approximate surface area is 158 Å². The number of quaternary nitrogens is 1. The zero-order valence-corrected chi connectivity index (χ0v) is 15.2. The number of amides is 1. The summed E-state index contributed by atoms with van der Waals surface area (Å²) in [6, 6.07) is 8.36. The number of ether oxygens (including phenoxy) is 2. The number of benzene rings is 1. The van der Waals surface area contributed by atoms with Crippen LogP contribution in [0.15, 0.2) is 47.1 Å². The maximum Gasteiger partial charge on any atom is 0.478 e. The molecule has 1 amide bonds. The van der Waals surface area contributed by atoms with Crippen LogP contribution in [0.25, 0.3) is 0 Å². The SMILES string of the molecule is CCOC(=O)[C@](NC(=O)c1ccc(OC)cc1)([NH2+]Cc1ccco1)C(F)(F)F. The van der Waals surface area contributed by atoms with E-state index in [2.05, 4.69) is 4.74 Å². The molecule has 7 nitrogen and oxygen atoms in total. The number of halogens is 3. The van der Waals surface area contributed by atoms with E-state index in [0.717, 1.165) is 0 Å². The molecule has 2 rings (SSSR count). The lowest BCUT2D eigenvalue weighted by Crippen LogP contribution is -3.06. The van der Waals surface area contributed by atoms with Gasteiger partial charge in [-0.3, -0.25) is 10.1 Å². The maximum absolute atomic E-state index is 14.0. The number of carbonyl (C=O) groups is 2. The van der Waals surface area contributed by atoms with Crippen LogP contribution in [0.2, 0.25) is 0 Å². The van der Waals surface area contributed by atoms with Gasteiger partial charge in [-0.1, -0.05) is 0 Å². The highest BCUT2D eigenvalue weighted by Crippen LogP contribution is 2.27. The van der Waals surface area contributed by atoms with Crippen LogP contribution in [0.1, 0.15) is 23.0 Å². The molecule has 0 aliphatic heterocycles. The van der Waals surface area contributed by atoms with Crippen molar-refractivity contribution in [3.63, 3.8) is 0 Å². The Morgan fingerprint density at radius 3 is 2.36 bits per heavy atom. The second-order valence-electron chi connectivity index (χ2n) is 5.70. The van der Waals surface area contributed by atoms with Crippen LogP contribution in [0.4, 0.5) is 13.2 Å². The topological polar surface area (TPSA) is 94.4 Å². The van der Waals surface area contributed by atoms with Crippen LogP contribution in [-0.4, -0.2) is 37.4 Å². The second kappa shape index (κ2) is 8.79. The monoisotopic (exact) mass is 401 g/mol. The summed E-state index contributed by atoms with van der Waals surface area (Å²) in [5.41, 5.74) is -3.42.